The minimum Gasteiger partial charge on any atom is -0.493 e. The molecule has 5 aromatic rings. The van der Waals surface area contributed by atoms with Crippen LogP contribution in [0.25, 0.3) is 21.3 Å². The molecule has 4 heterocycles. The van der Waals surface area contributed by atoms with Crippen molar-refractivity contribution < 1.29 is 29.0 Å². The number of aromatic nitrogens is 2. The number of thiazole rings is 1. The zero-order chi connectivity index (χ0) is 40.1. The number of nitrogens with one attached hydrogen (secondary N) is 1. The topological polar surface area (TPSA) is 134 Å². The second-order valence-corrected chi connectivity index (χ2v) is 17.1. The molecule has 1 fully saturated rings. The van der Waals surface area contributed by atoms with Gasteiger partial charge in [0.25, 0.3) is 5.91 Å². The van der Waals surface area contributed by atoms with Gasteiger partial charge in [0.15, 0.2) is 10.8 Å². The van der Waals surface area contributed by atoms with E-state index in [-0.39, 0.29) is 18.1 Å². The predicted octanol–water partition coefficient (Wildman–Crippen LogP) is 8.78. The number of rotatable bonds is 13. The second-order valence-electron chi connectivity index (χ2n) is 16.0. The Kier molecular flexibility index (Phi) is 12.2. The van der Waals surface area contributed by atoms with Crippen molar-refractivity contribution >= 4 is 50.3 Å². The summed E-state index contributed by atoms with van der Waals surface area (Å²) in [6.07, 6.45) is 5.85. The van der Waals surface area contributed by atoms with E-state index in [0.717, 1.165) is 83.4 Å². The molecular formula is C45H51N5O6S. The van der Waals surface area contributed by atoms with Gasteiger partial charge in [0, 0.05) is 30.8 Å². The Morgan fingerprint density at radius 3 is 2.58 bits per heavy atom. The fraction of sp³-hybridized carbons (Fsp3) is 0.400. The van der Waals surface area contributed by atoms with Crippen molar-refractivity contribution in [2.24, 2.45) is 5.92 Å². The number of anilines is 2. The minimum absolute atomic E-state index is 0.115. The number of carboxylic acid groups (broad SMARTS) is 1. The van der Waals surface area contributed by atoms with Crippen LogP contribution in [0.1, 0.15) is 90.4 Å². The number of aliphatic carboxylic acids is 1. The standard InChI is InChI=1S/C45H51N5O6S/c1-29-32(15-10-18-37(29)55-25-8-7-12-30-13-11-23-49(26-30)28-40(51)52)33-20-21-39(47-41(33)43(54)56-45(2,3)4)50-24-22-31-14-9-16-34(35(31)27-50)42(53)48-44-46-36-17-5-6-19-38(36)57-44/h5-6,9-10,14-21,30H,7-8,11-13,22-28H2,1-4H3,(H,51,52)(H,46,48,53)/t30-/m0/s1. The van der Waals surface area contributed by atoms with Gasteiger partial charge in [0.05, 0.1) is 23.4 Å². The number of hydrogen-bond acceptors (Lipinski definition) is 10. The molecule has 2 aliphatic heterocycles. The smallest absolute Gasteiger partial charge is 0.358 e. The number of nitrogens with zero attached hydrogens (tertiary/aromatic N) is 4. The molecule has 12 heteroatoms. The summed E-state index contributed by atoms with van der Waals surface area (Å²) in [6, 6.07) is 23.4. The molecule has 57 heavy (non-hydrogen) atoms. The first-order chi connectivity index (χ1) is 27.4. The summed E-state index contributed by atoms with van der Waals surface area (Å²) in [5, 5.41) is 12.8. The molecule has 2 aliphatic rings. The summed E-state index contributed by atoms with van der Waals surface area (Å²) in [5.74, 6) is 0.404. The maximum atomic E-state index is 13.9. The van der Waals surface area contributed by atoms with Crippen molar-refractivity contribution in [1.29, 1.82) is 0 Å². The van der Waals surface area contributed by atoms with Crippen molar-refractivity contribution in [1.82, 2.24) is 14.9 Å². The molecule has 11 nitrogen and oxygen atoms in total. The molecule has 0 aliphatic carbocycles. The van der Waals surface area contributed by atoms with Crippen LogP contribution in [0.5, 0.6) is 5.75 Å². The van der Waals surface area contributed by atoms with E-state index in [1.165, 1.54) is 11.3 Å². The number of hydrogen-bond donors (Lipinski definition) is 2. The Labute approximate surface area is 338 Å². The van der Waals surface area contributed by atoms with Gasteiger partial charge in [-0.3, -0.25) is 19.8 Å². The van der Waals surface area contributed by atoms with E-state index in [4.69, 9.17) is 14.5 Å². The lowest BCUT2D eigenvalue weighted by molar-refractivity contribution is -0.138. The third kappa shape index (κ3) is 9.80. The Bertz CT molecular complexity index is 2230. The van der Waals surface area contributed by atoms with Crippen molar-refractivity contribution in [3.05, 3.63) is 101 Å². The number of carboxylic acids is 1. The molecule has 7 rings (SSSR count). The van der Waals surface area contributed by atoms with Crippen LogP contribution in [0.2, 0.25) is 0 Å². The molecule has 2 N–H and O–H groups in total. The summed E-state index contributed by atoms with van der Waals surface area (Å²) in [6.45, 7) is 11.0. The molecule has 0 bridgehead atoms. The number of ether oxygens (including phenoxy) is 2. The number of fused-ring (bicyclic) bond motifs is 2. The number of carbonyl (C=O) groups excluding carboxylic acids is 2. The van der Waals surface area contributed by atoms with Crippen LogP contribution in [-0.2, 0) is 22.5 Å². The SMILES string of the molecule is Cc1c(OCCCC[C@H]2CCCN(CC(=O)O)C2)cccc1-c1ccc(N2CCc3cccc(C(=O)Nc4nc5ccccc5s4)c3C2)nc1C(=O)OC(C)(C)C. The van der Waals surface area contributed by atoms with Gasteiger partial charge < -0.3 is 19.5 Å². The zero-order valence-corrected chi connectivity index (χ0v) is 34.0. The number of carbonyl (C=O) groups is 3. The van der Waals surface area contributed by atoms with Gasteiger partial charge in [-0.15, -0.1) is 0 Å². The molecule has 298 valence electrons. The molecular weight excluding hydrogens is 739 g/mol. The van der Waals surface area contributed by atoms with Gasteiger partial charge in [-0.2, -0.15) is 0 Å². The van der Waals surface area contributed by atoms with Crippen LogP contribution < -0.4 is 15.0 Å². The fourth-order valence-electron chi connectivity index (χ4n) is 7.91. The minimum atomic E-state index is -0.765. The second kappa shape index (κ2) is 17.4. The highest BCUT2D eigenvalue weighted by Crippen LogP contribution is 2.35. The maximum Gasteiger partial charge on any atom is 0.358 e. The van der Waals surface area contributed by atoms with E-state index in [1.54, 1.807) is 0 Å². The number of benzene rings is 3. The third-order valence-electron chi connectivity index (χ3n) is 10.6. The van der Waals surface area contributed by atoms with E-state index in [0.29, 0.717) is 54.1 Å². The van der Waals surface area contributed by atoms with E-state index < -0.39 is 17.5 Å². The van der Waals surface area contributed by atoms with Gasteiger partial charge in [0.2, 0.25) is 0 Å². The van der Waals surface area contributed by atoms with E-state index in [1.807, 2.05) is 99.3 Å². The van der Waals surface area contributed by atoms with Crippen LogP contribution in [0.15, 0.2) is 72.8 Å². The first-order valence-corrected chi connectivity index (χ1v) is 20.7. The quantitative estimate of drug-likeness (QED) is 0.0881. The van der Waals surface area contributed by atoms with Crippen LogP contribution in [0, 0.1) is 12.8 Å². The molecule has 1 amide bonds. The summed E-state index contributed by atoms with van der Waals surface area (Å²) in [5.41, 5.74) is 5.36. The Balaban J connectivity index is 1.07. The van der Waals surface area contributed by atoms with E-state index in [2.05, 4.69) is 21.3 Å². The normalized spacial score (nSPS) is 15.9. The summed E-state index contributed by atoms with van der Waals surface area (Å²) >= 11 is 1.45. The number of piperidine rings is 1. The molecule has 1 saturated heterocycles. The Morgan fingerprint density at radius 2 is 1.77 bits per heavy atom. The number of likely N-dealkylation sites (tertiary alicyclic amines) is 1. The molecule has 3 aromatic carbocycles. The highest BCUT2D eigenvalue weighted by molar-refractivity contribution is 7.22. The lowest BCUT2D eigenvalue weighted by atomic mass is 9.93. The van der Waals surface area contributed by atoms with Crippen molar-refractivity contribution in [3.63, 3.8) is 0 Å². The maximum absolute atomic E-state index is 13.9. The number of para-hydroxylation sites is 1. The number of amides is 1. The first-order valence-electron chi connectivity index (χ1n) is 19.9. The molecule has 0 saturated carbocycles. The largest absolute Gasteiger partial charge is 0.493 e. The molecule has 0 radical (unpaired) electrons. The monoisotopic (exact) mass is 789 g/mol. The van der Waals surface area contributed by atoms with Crippen LogP contribution in [0.3, 0.4) is 0 Å². The first kappa shape index (κ1) is 39.9. The third-order valence-corrected chi connectivity index (χ3v) is 11.6. The Hall–Kier alpha value is -5.33. The molecule has 2 aromatic heterocycles. The van der Waals surface area contributed by atoms with Crippen LogP contribution in [0.4, 0.5) is 10.9 Å². The van der Waals surface area contributed by atoms with E-state index in [9.17, 15) is 19.5 Å². The molecule has 1 atom stereocenters. The Morgan fingerprint density at radius 1 is 0.947 bits per heavy atom. The molecule has 0 unspecified atom stereocenters. The number of pyridine rings is 1. The highest BCUT2D eigenvalue weighted by atomic mass is 32.1. The summed E-state index contributed by atoms with van der Waals surface area (Å²) < 4.78 is 13.2. The lowest BCUT2D eigenvalue weighted by Crippen LogP contribution is -2.38. The number of unbranched alkanes of at least 4 members (excludes halogenated alkanes) is 1. The van der Waals surface area contributed by atoms with Gasteiger partial charge >= 0.3 is 11.9 Å². The average molecular weight is 790 g/mol. The van der Waals surface area contributed by atoms with E-state index >= 15 is 0 Å². The number of esters is 1. The van der Waals surface area contributed by atoms with Gasteiger partial charge in [-0.1, -0.05) is 47.7 Å². The van der Waals surface area contributed by atoms with Gasteiger partial charge in [-0.05, 0) is 137 Å². The predicted molar refractivity (Wildman–Crippen MR) is 224 cm³/mol. The van der Waals surface area contributed by atoms with Crippen molar-refractivity contribution in [2.45, 2.75) is 78.4 Å². The summed E-state index contributed by atoms with van der Waals surface area (Å²) in [4.78, 5) is 52.5. The van der Waals surface area contributed by atoms with Gasteiger partial charge in [-0.25, -0.2) is 14.8 Å². The van der Waals surface area contributed by atoms with Crippen LogP contribution >= 0.6 is 11.3 Å². The van der Waals surface area contributed by atoms with Crippen molar-refractivity contribution in [2.75, 3.05) is 43.0 Å². The average Bonchev–Trinajstić information content (AvgIpc) is 3.59. The van der Waals surface area contributed by atoms with Crippen molar-refractivity contribution in [3.8, 4) is 16.9 Å². The summed E-state index contributed by atoms with van der Waals surface area (Å²) in [7, 11) is 0. The lowest BCUT2D eigenvalue weighted by Gasteiger charge is -2.31. The zero-order valence-electron chi connectivity index (χ0n) is 33.2. The highest BCUT2D eigenvalue weighted by Gasteiger charge is 2.28. The molecule has 0 spiro atoms. The van der Waals surface area contributed by atoms with Gasteiger partial charge in [0.1, 0.15) is 17.2 Å². The fourth-order valence-corrected chi connectivity index (χ4v) is 8.77. The van der Waals surface area contributed by atoms with Crippen LogP contribution in [-0.4, -0.2) is 76.2 Å².